The summed E-state index contributed by atoms with van der Waals surface area (Å²) >= 11 is 5.80. The first kappa shape index (κ1) is 21.8. The maximum Gasteiger partial charge on any atom is 0.417 e. The molecule has 0 aromatic heterocycles. The summed E-state index contributed by atoms with van der Waals surface area (Å²) < 4.78 is 38.1. The Hall–Kier alpha value is -0.200. The summed E-state index contributed by atoms with van der Waals surface area (Å²) in [6.07, 6.45) is -3.55. The first-order chi connectivity index (χ1) is 9.43. The van der Waals surface area contributed by atoms with Gasteiger partial charge in [-0.3, -0.25) is 4.90 Å². The van der Waals surface area contributed by atoms with Crippen molar-refractivity contribution in [2.75, 3.05) is 26.2 Å². The summed E-state index contributed by atoms with van der Waals surface area (Å²) in [7, 11) is 0. The van der Waals surface area contributed by atoms with Gasteiger partial charge in [0.25, 0.3) is 0 Å². The van der Waals surface area contributed by atoms with E-state index in [0.717, 1.165) is 44.2 Å². The molecule has 0 saturated carbocycles. The van der Waals surface area contributed by atoms with Crippen molar-refractivity contribution in [1.82, 2.24) is 10.2 Å². The van der Waals surface area contributed by atoms with Crippen LogP contribution in [0.15, 0.2) is 18.2 Å². The standard InChI is InChI=1S/C14H18ClF3N2.2ClH/c1-2-13(20-7-5-19-6-8-20)10-3-4-11(12(15)9-10)14(16,17)18;;/h3-4,9,13,19H,2,5-8H2,1H3;2*1H/t13-;;/m1../s1. The van der Waals surface area contributed by atoms with Crippen molar-refractivity contribution in [2.45, 2.75) is 25.6 Å². The highest BCUT2D eigenvalue weighted by Crippen LogP contribution is 2.37. The summed E-state index contributed by atoms with van der Waals surface area (Å²) in [5.41, 5.74) is 0.0884. The molecule has 0 amide bonds. The van der Waals surface area contributed by atoms with Crippen LogP contribution < -0.4 is 5.32 Å². The second-order valence-electron chi connectivity index (χ2n) is 4.95. The monoisotopic (exact) mass is 378 g/mol. The van der Waals surface area contributed by atoms with Crippen LogP contribution >= 0.6 is 36.4 Å². The fourth-order valence-electron chi connectivity index (χ4n) is 2.67. The number of halogens is 6. The Morgan fingerprint density at radius 3 is 2.27 bits per heavy atom. The summed E-state index contributed by atoms with van der Waals surface area (Å²) in [5, 5.41) is 3.05. The van der Waals surface area contributed by atoms with E-state index < -0.39 is 11.7 Å². The smallest absolute Gasteiger partial charge is 0.314 e. The number of alkyl halides is 3. The predicted molar refractivity (Wildman–Crippen MR) is 88.4 cm³/mol. The number of hydrogen-bond acceptors (Lipinski definition) is 2. The molecule has 1 aliphatic rings. The quantitative estimate of drug-likeness (QED) is 0.828. The Bertz CT molecular complexity index is 463. The van der Waals surface area contributed by atoms with Crippen molar-refractivity contribution >= 4 is 36.4 Å². The van der Waals surface area contributed by atoms with Crippen LogP contribution in [0.25, 0.3) is 0 Å². The van der Waals surface area contributed by atoms with Gasteiger partial charge in [0, 0.05) is 32.2 Å². The van der Waals surface area contributed by atoms with E-state index in [-0.39, 0.29) is 35.9 Å². The van der Waals surface area contributed by atoms with Crippen LogP contribution in [0.4, 0.5) is 13.2 Å². The first-order valence-electron chi connectivity index (χ1n) is 6.75. The maximum atomic E-state index is 12.7. The number of nitrogens with one attached hydrogen (secondary N) is 1. The zero-order chi connectivity index (χ0) is 14.8. The van der Waals surface area contributed by atoms with Crippen LogP contribution in [-0.2, 0) is 6.18 Å². The van der Waals surface area contributed by atoms with Crippen molar-refractivity contribution in [3.05, 3.63) is 34.3 Å². The highest BCUT2D eigenvalue weighted by Gasteiger charge is 2.33. The molecule has 2 rings (SSSR count). The van der Waals surface area contributed by atoms with E-state index in [9.17, 15) is 13.2 Å². The minimum atomic E-state index is -4.40. The topological polar surface area (TPSA) is 15.3 Å². The minimum Gasteiger partial charge on any atom is -0.314 e. The highest BCUT2D eigenvalue weighted by atomic mass is 35.5. The van der Waals surface area contributed by atoms with Crippen molar-refractivity contribution in [3.8, 4) is 0 Å². The van der Waals surface area contributed by atoms with Crippen molar-refractivity contribution in [2.24, 2.45) is 0 Å². The molecule has 8 heteroatoms. The first-order valence-corrected chi connectivity index (χ1v) is 7.12. The van der Waals surface area contributed by atoms with Gasteiger partial charge in [0.2, 0.25) is 0 Å². The van der Waals surface area contributed by atoms with Crippen LogP contribution in [0.1, 0.15) is 30.5 Å². The lowest BCUT2D eigenvalue weighted by Gasteiger charge is -2.35. The third-order valence-electron chi connectivity index (χ3n) is 3.66. The zero-order valence-corrected chi connectivity index (χ0v) is 14.5. The molecule has 0 bridgehead atoms. The molecule has 1 heterocycles. The lowest BCUT2D eigenvalue weighted by atomic mass is 10.00. The van der Waals surface area contributed by atoms with Crippen LogP contribution in [-0.4, -0.2) is 31.1 Å². The van der Waals surface area contributed by atoms with Gasteiger partial charge in [-0.05, 0) is 24.1 Å². The lowest BCUT2D eigenvalue weighted by Crippen LogP contribution is -2.45. The molecule has 22 heavy (non-hydrogen) atoms. The summed E-state index contributed by atoms with van der Waals surface area (Å²) in [6, 6.07) is 4.21. The van der Waals surface area contributed by atoms with Gasteiger partial charge in [-0.1, -0.05) is 24.6 Å². The Morgan fingerprint density at radius 1 is 1.23 bits per heavy atom. The van der Waals surface area contributed by atoms with Gasteiger partial charge in [0.1, 0.15) is 0 Å². The Kier molecular flexibility index (Phi) is 9.10. The number of hydrogen-bond donors (Lipinski definition) is 1. The molecule has 1 aliphatic heterocycles. The predicted octanol–water partition coefficient (Wildman–Crippen LogP) is 4.56. The van der Waals surface area contributed by atoms with Crippen molar-refractivity contribution < 1.29 is 13.2 Å². The van der Waals surface area contributed by atoms with Crippen LogP contribution in [0, 0.1) is 0 Å². The van der Waals surface area contributed by atoms with Crippen LogP contribution in [0.2, 0.25) is 5.02 Å². The highest BCUT2D eigenvalue weighted by molar-refractivity contribution is 6.31. The number of benzene rings is 1. The second kappa shape index (κ2) is 9.18. The molecule has 0 aliphatic carbocycles. The summed E-state index contributed by atoms with van der Waals surface area (Å²) in [5.74, 6) is 0. The lowest BCUT2D eigenvalue weighted by molar-refractivity contribution is -0.137. The van der Waals surface area contributed by atoms with Gasteiger partial charge in [0.05, 0.1) is 10.6 Å². The van der Waals surface area contributed by atoms with Crippen molar-refractivity contribution in [1.29, 1.82) is 0 Å². The molecule has 1 aromatic rings. The van der Waals surface area contributed by atoms with Gasteiger partial charge in [-0.15, -0.1) is 24.8 Å². The summed E-state index contributed by atoms with van der Waals surface area (Å²) in [4.78, 5) is 2.29. The average molecular weight is 380 g/mol. The van der Waals surface area contributed by atoms with Gasteiger partial charge in [0.15, 0.2) is 0 Å². The number of piperazine rings is 1. The molecule has 128 valence electrons. The normalized spacial score (nSPS) is 17.3. The molecule has 1 aromatic carbocycles. The van der Waals surface area contributed by atoms with E-state index in [1.807, 2.05) is 6.92 Å². The molecule has 0 unspecified atom stereocenters. The summed E-state index contributed by atoms with van der Waals surface area (Å²) in [6.45, 7) is 5.66. The molecule has 1 saturated heterocycles. The molecule has 1 fully saturated rings. The van der Waals surface area contributed by atoms with Crippen LogP contribution in [0.5, 0.6) is 0 Å². The Morgan fingerprint density at radius 2 is 1.82 bits per heavy atom. The van der Waals surface area contributed by atoms with Gasteiger partial charge >= 0.3 is 6.18 Å². The molecule has 1 N–H and O–H groups in total. The zero-order valence-electron chi connectivity index (χ0n) is 12.1. The molecule has 0 spiro atoms. The van der Waals surface area contributed by atoms with Gasteiger partial charge < -0.3 is 5.32 Å². The minimum absolute atomic E-state index is 0. The number of rotatable bonds is 3. The SMILES string of the molecule is CC[C@H](c1ccc(C(F)(F)F)c(Cl)c1)N1CCNCC1.Cl.Cl. The van der Waals surface area contributed by atoms with E-state index in [1.165, 1.54) is 6.07 Å². The van der Waals surface area contributed by atoms with Crippen molar-refractivity contribution in [3.63, 3.8) is 0 Å². The van der Waals surface area contributed by atoms with E-state index >= 15 is 0 Å². The maximum absolute atomic E-state index is 12.7. The fourth-order valence-corrected chi connectivity index (χ4v) is 2.96. The molecule has 0 radical (unpaired) electrons. The largest absolute Gasteiger partial charge is 0.417 e. The average Bonchev–Trinajstić information content (AvgIpc) is 2.39. The molecular weight excluding hydrogens is 360 g/mol. The van der Waals surface area contributed by atoms with Gasteiger partial charge in [-0.25, -0.2) is 0 Å². The number of nitrogens with zero attached hydrogens (tertiary/aromatic N) is 1. The van der Waals surface area contributed by atoms with E-state index in [2.05, 4.69) is 10.2 Å². The molecular formula is C14H20Cl3F3N2. The third kappa shape index (κ3) is 5.17. The molecule has 2 nitrogen and oxygen atoms in total. The third-order valence-corrected chi connectivity index (χ3v) is 3.98. The fraction of sp³-hybridized carbons (Fsp3) is 0.571. The van der Waals surface area contributed by atoms with E-state index in [0.29, 0.717) is 0 Å². The van der Waals surface area contributed by atoms with Gasteiger partial charge in [-0.2, -0.15) is 13.2 Å². The second-order valence-corrected chi connectivity index (χ2v) is 5.35. The van der Waals surface area contributed by atoms with Crippen LogP contribution in [0.3, 0.4) is 0 Å². The van der Waals surface area contributed by atoms with E-state index in [1.54, 1.807) is 6.07 Å². The Balaban J connectivity index is 0.00000220. The molecule has 1 atom stereocenters. The Labute approximate surface area is 146 Å². The van der Waals surface area contributed by atoms with E-state index in [4.69, 9.17) is 11.6 Å².